The summed E-state index contributed by atoms with van der Waals surface area (Å²) in [7, 11) is 0. The Morgan fingerprint density at radius 2 is 1.80 bits per heavy atom. The number of anilines is 1. The van der Waals surface area contributed by atoms with Gasteiger partial charge in [-0.3, -0.25) is 24.2 Å². The number of ketones is 1. The number of carboxylic acids is 2. The molecule has 10 heteroatoms. The van der Waals surface area contributed by atoms with Crippen molar-refractivity contribution < 1.29 is 24.6 Å². The third-order valence-electron chi connectivity index (χ3n) is 4.82. The van der Waals surface area contributed by atoms with Crippen LogP contribution in [0.5, 0.6) is 0 Å². The molecule has 0 saturated heterocycles. The lowest BCUT2D eigenvalue weighted by Crippen LogP contribution is -2.24. The smallest absolute Gasteiger partial charge is 0.314 e. The molecule has 30 heavy (non-hydrogen) atoms. The zero-order valence-corrected chi connectivity index (χ0v) is 15.8. The number of nitrogen functional groups attached to an aromatic ring is 1. The highest BCUT2D eigenvalue weighted by atomic mass is 16.4. The van der Waals surface area contributed by atoms with Crippen LogP contribution < -0.4 is 11.3 Å². The van der Waals surface area contributed by atoms with Gasteiger partial charge in [0, 0.05) is 18.2 Å². The molecule has 0 saturated carbocycles. The average Bonchev–Trinajstić information content (AvgIpc) is 3.09. The molecular formula is C20H20N4O6. The number of carboxylic acid groups (broad SMARTS) is 2. The summed E-state index contributed by atoms with van der Waals surface area (Å²) in [4.78, 5) is 56.0. The second-order valence-electron chi connectivity index (χ2n) is 6.87. The Balaban J connectivity index is 1.70. The Bertz CT molecular complexity index is 1160. The molecule has 0 unspecified atom stereocenters. The molecule has 0 spiro atoms. The van der Waals surface area contributed by atoms with E-state index in [1.807, 2.05) is 0 Å². The number of hydrogen-bond donors (Lipinski definition) is 5. The van der Waals surface area contributed by atoms with Crippen molar-refractivity contribution in [3.05, 3.63) is 57.5 Å². The molecule has 1 atom stereocenters. The van der Waals surface area contributed by atoms with Gasteiger partial charge in [0.2, 0.25) is 5.95 Å². The standard InChI is InChI=1S/C20H20N4O6/c21-20-23-17-15(18(28)24-20)12(9-22-17)6-3-10-1-4-11(5-2-10)16(27)13(19(29)30)7-8-14(25)26/h1-2,4-5,9,13H,3,6-8H2,(H,25,26)(H,29,30)(H4,21,22,23,24,28)/t13-/m0/s1. The Morgan fingerprint density at radius 3 is 2.43 bits per heavy atom. The van der Waals surface area contributed by atoms with Crippen molar-refractivity contribution in [1.29, 1.82) is 0 Å². The van der Waals surface area contributed by atoms with Gasteiger partial charge < -0.3 is 20.9 Å². The maximum absolute atomic E-state index is 12.4. The average molecular weight is 412 g/mol. The number of benzene rings is 1. The fraction of sp³-hybridized carbons (Fsp3) is 0.250. The van der Waals surface area contributed by atoms with E-state index in [2.05, 4.69) is 15.0 Å². The van der Waals surface area contributed by atoms with Crippen molar-refractivity contribution in [3.63, 3.8) is 0 Å². The molecule has 6 N–H and O–H groups in total. The molecule has 0 aliphatic rings. The van der Waals surface area contributed by atoms with Crippen LogP contribution in [0, 0.1) is 5.92 Å². The predicted octanol–water partition coefficient (Wildman–Crippen LogP) is 1.37. The van der Waals surface area contributed by atoms with E-state index in [0.29, 0.717) is 23.9 Å². The molecule has 3 rings (SSSR count). The first-order valence-electron chi connectivity index (χ1n) is 9.19. The number of carbonyl (C=O) groups excluding carboxylic acids is 1. The minimum Gasteiger partial charge on any atom is -0.481 e. The number of rotatable bonds is 9. The highest BCUT2D eigenvalue weighted by molar-refractivity contribution is 6.08. The molecule has 1 aromatic carbocycles. The molecule has 0 aliphatic heterocycles. The van der Waals surface area contributed by atoms with Crippen molar-refractivity contribution in [1.82, 2.24) is 15.0 Å². The van der Waals surface area contributed by atoms with Crippen molar-refractivity contribution in [2.24, 2.45) is 5.92 Å². The van der Waals surface area contributed by atoms with E-state index >= 15 is 0 Å². The molecule has 2 aromatic heterocycles. The lowest BCUT2D eigenvalue weighted by atomic mass is 9.92. The fourth-order valence-corrected chi connectivity index (χ4v) is 3.27. The van der Waals surface area contributed by atoms with Gasteiger partial charge in [-0.05, 0) is 30.4 Å². The normalized spacial score (nSPS) is 12.0. The van der Waals surface area contributed by atoms with Gasteiger partial charge in [0.25, 0.3) is 5.56 Å². The zero-order chi connectivity index (χ0) is 21.8. The first-order chi connectivity index (χ1) is 14.3. The number of nitrogens with two attached hydrogens (primary N) is 1. The summed E-state index contributed by atoms with van der Waals surface area (Å²) in [6.07, 6.45) is 2.15. The largest absolute Gasteiger partial charge is 0.481 e. The van der Waals surface area contributed by atoms with Crippen LogP contribution in [0.2, 0.25) is 0 Å². The van der Waals surface area contributed by atoms with Gasteiger partial charge in [-0.1, -0.05) is 24.3 Å². The number of nitrogens with one attached hydrogen (secondary N) is 2. The summed E-state index contributed by atoms with van der Waals surface area (Å²) >= 11 is 0. The van der Waals surface area contributed by atoms with Crippen LogP contribution in [0.4, 0.5) is 5.95 Å². The van der Waals surface area contributed by atoms with E-state index in [0.717, 1.165) is 11.1 Å². The molecule has 0 radical (unpaired) electrons. The number of aromatic nitrogens is 3. The number of carbonyl (C=O) groups is 3. The summed E-state index contributed by atoms with van der Waals surface area (Å²) < 4.78 is 0. The van der Waals surface area contributed by atoms with Gasteiger partial charge in [-0.25, -0.2) is 0 Å². The Morgan fingerprint density at radius 1 is 1.10 bits per heavy atom. The van der Waals surface area contributed by atoms with Crippen LogP contribution in [0.25, 0.3) is 11.0 Å². The van der Waals surface area contributed by atoms with Crippen molar-refractivity contribution in [2.45, 2.75) is 25.7 Å². The summed E-state index contributed by atoms with van der Waals surface area (Å²) in [6.45, 7) is 0. The molecule has 156 valence electrons. The van der Waals surface area contributed by atoms with Crippen molar-refractivity contribution in [2.75, 3.05) is 5.73 Å². The van der Waals surface area contributed by atoms with Gasteiger partial charge in [-0.15, -0.1) is 0 Å². The van der Waals surface area contributed by atoms with Gasteiger partial charge in [-0.2, -0.15) is 4.98 Å². The van der Waals surface area contributed by atoms with E-state index in [1.54, 1.807) is 18.3 Å². The van der Waals surface area contributed by atoms with E-state index in [9.17, 15) is 24.3 Å². The predicted molar refractivity (Wildman–Crippen MR) is 107 cm³/mol. The van der Waals surface area contributed by atoms with E-state index in [4.69, 9.17) is 10.8 Å². The Labute approximate surface area is 169 Å². The molecule has 0 amide bonds. The van der Waals surface area contributed by atoms with Gasteiger partial charge >= 0.3 is 11.9 Å². The van der Waals surface area contributed by atoms with Crippen LogP contribution >= 0.6 is 0 Å². The lowest BCUT2D eigenvalue weighted by Gasteiger charge is -2.10. The zero-order valence-electron chi connectivity index (χ0n) is 15.8. The quantitative estimate of drug-likeness (QED) is 0.258. The van der Waals surface area contributed by atoms with Crippen LogP contribution in [0.3, 0.4) is 0 Å². The highest BCUT2D eigenvalue weighted by Gasteiger charge is 2.27. The first kappa shape index (κ1) is 20.8. The number of nitrogens with zero attached hydrogens (tertiary/aromatic N) is 1. The van der Waals surface area contributed by atoms with Gasteiger partial charge in [0.05, 0.1) is 5.39 Å². The van der Waals surface area contributed by atoms with E-state index in [-0.39, 0.29) is 23.5 Å². The molecule has 2 heterocycles. The minimum atomic E-state index is -1.40. The topological polar surface area (TPSA) is 179 Å². The minimum absolute atomic E-state index is 0.0316. The van der Waals surface area contributed by atoms with Crippen molar-refractivity contribution >= 4 is 34.7 Å². The van der Waals surface area contributed by atoms with Gasteiger partial charge in [0.1, 0.15) is 11.6 Å². The summed E-state index contributed by atoms with van der Waals surface area (Å²) in [5, 5.41) is 18.4. The van der Waals surface area contributed by atoms with Gasteiger partial charge in [0.15, 0.2) is 5.78 Å². The number of H-pyrrole nitrogens is 2. The SMILES string of the molecule is Nc1nc2[nH]cc(CCc3ccc(C(=O)[C@H](CCC(=O)O)C(=O)O)cc3)c2c(=O)[nH]1. The highest BCUT2D eigenvalue weighted by Crippen LogP contribution is 2.18. The first-order valence-corrected chi connectivity index (χ1v) is 9.19. The summed E-state index contributed by atoms with van der Waals surface area (Å²) in [6, 6.07) is 6.47. The number of hydrogen-bond acceptors (Lipinski definition) is 6. The number of Topliss-reactive ketones (excluding diaryl/α,β-unsaturated/α-hetero) is 1. The second-order valence-corrected chi connectivity index (χ2v) is 6.87. The second kappa shape index (κ2) is 8.60. The van der Waals surface area contributed by atoms with Crippen LogP contribution in [0.1, 0.15) is 34.3 Å². The monoisotopic (exact) mass is 412 g/mol. The third kappa shape index (κ3) is 4.54. The summed E-state index contributed by atoms with van der Waals surface area (Å²) in [5.74, 6) is -4.49. The summed E-state index contributed by atoms with van der Waals surface area (Å²) in [5.41, 5.74) is 7.49. The molecule has 3 aromatic rings. The maximum atomic E-state index is 12.4. The maximum Gasteiger partial charge on any atom is 0.314 e. The number of fused-ring (bicyclic) bond motifs is 1. The van der Waals surface area contributed by atoms with Crippen LogP contribution in [0.15, 0.2) is 35.3 Å². The van der Waals surface area contributed by atoms with Crippen molar-refractivity contribution in [3.8, 4) is 0 Å². The van der Waals surface area contributed by atoms with Crippen LogP contribution in [-0.4, -0.2) is 42.9 Å². The number of aliphatic carboxylic acids is 2. The third-order valence-corrected chi connectivity index (χ3v) is 4.82. The molecule has 0 bridgehead atoms. The Hall–Kier alpha value is -3.95. The number of aryl methyl sites for hydroxylation is 2. The molecule has 0 aliphatic carbocycles. The van der Waals surface area contributed by atoms with E-state index < -0.39 is 30.1 Å². The lowest BCUT2D eigenvalue weighted by molar-refractivity contribution is -0.141. The molecular weight excluding hydrogens is 392 g/mol. The van der Waals surface area contributed by atoms with Crippen LogP contribution in [-0.2, 0) is 22.4 Å². The Kier molecular flexibility index (Phi) is 5.95. The molecule has 10 nitrogen and oxygen atoms in total. The number of aromatic amines is 2. The fourth-order valence-electron chi connectivity index (χ4n) is 3.27. The molecule has 0 fully saturated rings. The van der Waals surface area contributed by atoms with E-state index in [1.165, 1.54) is 12.1 Å².